The number of carbonyl (C=O) groups is 2. The molecule has 0 spiro atoms. The van der Waals surface area contributed by atoms with Gasteiger partial charge in [-0.3, -0.25) is 9.59 Å². The Kier molecular flexibility index (Phi) is 8.28. The van der Waals surface area contributed by atoms with Crippen LogP contribution in [0.1, 0.15) is 44.3 Å². The number of aryl methyl sites for hydroxylation is 1. The standard InChI is InChI=1S/C28H32O14/c1-9-4-12-18(21(33)17-13(19(12)31)6-11(38-3)7-14(17)30)15(5-9)40-27-25(37)23(35)26(10(2)39-27)42-28-24(36)22(34)20(32)16(8-29)41-28/h4-7,10,16,20,22-30,32,34-37H,8H2,1-3H3/t10-,16+,20+,22-,23-,24+,25+,26-,27-,28-/m0/s1. The van der Waals surface area contributed by atoms with Crippen molar-refractivity contribution in [1.29, 1.82) is 0 Å². The Balaban J connectivity index is 1.40. The van der Waals surface area contributed by atoms with Crippen molar-refractivity contribution in [3.05, 3.63) is 52.1 Å². The van der Waals surface area contributed by atoms with Crippen molar-refractivity contribution in [2.75, 3.05) is 13.7 Å². The Bertz CT molecular complexity index is 1370. The largest absolute Gasteiger partial charge is 0.507 e. The van der Waals surface area contributed by atoms with Gasteiger partial charge >= 0.3 is 0 Å². The van der Waals surface area contributed by atoms with E-state index >= 15 is 0 Å². The highest BCUT2D eigenvalue weighted by Crippen LogP contribution is 2.41. The molecule has 1 aliphatic carbocycles. The maximum atomic E-state index is 13.6. The van der Waals surface area contributed by atoms with Gasteiger partial charge in [-0.1, -0.05) is 0 Å². The lowest BCUT2D eigenvalue weighted by molar-refractivity contribution is -0.348. The number of carbonyl (C=O) groups excluding carboxylic acids is 2. The minimum absolute atomic E-state index is 0.00197. The third-order valence-corrected chi connectivity index (χ3v) is 7.68. The van der Waals surface area contributed by atoms with E-state index in [1.165, 1.54) is 38.3 Å². The van der Waals surface area contributed by atoms with E-state index in [2.05, 4.69) is 0 Å². The third-order valence-electron chi connectivity index (χ3n) is 7.68. The number of hydrogen-bond acceptors (Lipinski definition) is 14. The highest BCUT2D eigenvalue weighted by molar-refractivity contribution is 6.30. The van der Waals surface area contributed by atoms with Gasteiger partial charge in [0.2, 0.25) is 12.1 Å². The summed E-state index contributed by atoms with van der Waals surface area (Å²) in [6.07, 6.45) is -15.4. The summed E-state index contributed by atoms with van der Waals surface area (Å²) >= 11 is 0. The molecule has 2 aromatic rings. The minimum atomic E-state index is -1.79. The molecule has 2 saturated heterocycles. The Morgan fingerprint density at radius 3 is 2.14 bits per heavy atom. The summed E-state index contributed by atoms with van der Waals surface area (Å²) in [6, 6.07) is 5.48. The molecule has 42 heavy (non-hydrogen) atoms. The van der Waals surface area contributed by atoms with Crippen molar-refractivity contribution in [3.63, 3.8) is 0 Å². The first kappa shape index (κ1) is 30.3. The van der Waals surface area contributed by atoms with Gasteiger partial charge < -0.3 is 59.4 Å². The van der Waals surface area contributed by atoms with Crippen LogP contribution < -0.4 is 9.47 Å². The van der Waals surface area contributed by atoms with Crippen LogP contribution in [0.5, 0.6) is 17.2 Å². The topological polar surface area (TPSA) is 222 Å². The Morgan fingerprint density at radius 1 is 0.810 bits per heavy atom. The molecule has 0 saturated carbocycles. The van der Waals surface area contributed by atoms with Crippen LogP contribution in [0, 0.1) is 6.92 Å². The van der Waals surface area contributed by atoms with Gasteiger partial charge in [-0.2, -0.15) is 0 Å². The summed E-state index contributed by atoms with van der Waals surface area (Å²) in [7, 11) is 1.35. The maximum Gasteiger partial charge on any atom is 0.229 e. The molecule has 2 aromatic carbocycles. The molecule has 7 N–H and O–H groups in total. The maximum absolute atomic E-state index is 13.6. The molecule has 14 heteroatoms. The van der Waals surface area contributed by atoms with Gasteiger partial charge in [0.1, 0.15) is 60.0 Å². The van der Waals surface area contributed by atoms with E-state index in [0.717, 1.165) is 0 Å². The van der Waals surface area contributed by atoms with Crippen LogP contribution in [-0.4, -0.2) is 122 Å². The van der Waals surface area contributed by atoms with Crippen LogP contribution in [0.15, 0.2) is 24.3 Å². The fourth-order valence-electron chi connectivity index (χ4n) is 5.42. The molecule has 0 radical (unpaired) electrons. The zero-order chi connectivity index (χ0) is 30.6. The highest BCUT2D eigenvalue weighted by Gasteiger charge is 2.50. The van der Waals surface area contributed by atoms with Gasteiger partial charge in [-0.05, 0) is 37.6 Å². The SMILES string of the molecule is COc1cc(O)c2c(c1)C(=O)c1cc(C)cc(O[C@@H]3O[C@@H](C)[C@H](O[C@@H]4O[C@H](CO)[C@@H](O)[C@H](O)[C@H]4O)[C@@H](O)[C@H]3O)c1C2=O. The first-order valence-corrected chi connectivity index (χ1v) is 13.2. The quantitative estimate of drug-likeness (QED) is 0.173. The molecular weight excluding hydrogens is 560 g/mol. The molecule has 0 aromatic heterocycles. The monoisotopic (exact) mass is 592 g/mol. The summed E-state index contributed by atoms with van der Waals surface area (Å²) in [4.78, 5) is 27.0. The fraction of sp³-hybridized carbons (Fsp3) is 0.500. The molecule has 5 rings (SSSR count). The smallest absolute Gasteiger partial charge is 0.229 e. The van der Waals surface area contributed by atoms with Crippen LogP contribution in [0.3, 0.4) is 0 Å². The number of hydrogen-bond donors (Lipinski definition) is 7. The van der Waals surface area contributed by atoms with Crippen molar-refractivity contribution >= 4 is 11.6 Å². The second kappa shape index (κ2) is 11.5. The first-order chi connectivity index (χ1) is 19.9. The van der Waals surface area contributed by atoms with Gasteiger partial charge in [0.05, 0.1) is 30.9 Å². The molecule has 0 bridgehead atoms. The predicted molar refractivity (Wildman–Crippen MR) is 138 cm³/mol. The van der Waals surface area contributed by atoms with Crippen LogP contribution >= 0.6 is 0 Å². The van der Waals surface area contributed by atoms with Crippen molar-refractivity contribution in [2.45, 2.75) is 75.3 Å². The number of phenols is 1. The van der Waals surface area contributed by atoms with Crippen molar-refractivity contribution < 1.29 is 69.0 Å². The Labute approximate surface area is 239 Å². The van der Waals surface area contributed by atoms with E-state index < -0.39 is 85.3 Å². The molecule has 0 unspecified atom stereocenters. The molecular formula is C28H32O14. The predicted octanol–water partition coefficient (Wildman–Crippen LogP) is -1.48. The summed E-state index contributed by atoms with van der Waals surface area (Å²) in [5.74, 6) is -1.69. The lowest BCUT2D eigenvalue weighted by Crippen LogP contribution is -2.64. The van der Waals surface area contributed by atoms with Gasteiger partial charge in [0, 0.05) is 17.2 Å². The zero-order valence-electron chi connectivity index (χ0n) is 22.8. The summed E-state index contributed by atoms with van der Waals surface area (Å²) in [5, 5.41) is 72.1. The number of aromatic hydroxyl groups is 1. The molecule has 10 atom stereocenters. The number of ketones is 2. The van der Waals surface area contributed by atoms with E-state index in [9.17, 15) is 45.3 Å². The van der Waals surface area contributed by atoms with Crippen LogP contribution in [-0.2, 0) is 14.2 Å². The van der Waals surface area contributed by atoms with Crippen molar-refractivity contribution in [1.82, 2.24) is 0 Å². The number of benzene rings is 2. The van der Waals surface area contributed by atoms with E-state index in [0.29, 0.717) is 5.56 Å². The minimum Gasteiger partial charge on any atom is -0.507 e. The van der Waals surface area contributed by atoms with Crippen LogP contribution in [0.4, 0.5) is 0 Å². The molecule has 228 valence electrons. The van der Waals surface area contributed by atoms with E-state index in [1.807, 2.05) is 0 Å². The zero-order valence-corrected chi connectivity index (χ0v) is 22.8. The van der Waals surface area contributed by atoms with Crippen LogP contribution in [0.2, 0.25) is 0 Å². The molecule has 2 aliphatic heterocycles. The van der Waals surface area contributed by atoms with E-state index in [1.54, 1.807) is 6.92 Å². The molecule has 14 nitrogen and oxygen atoms in total. The van der Waals surface area contributed by atoms with Gasteiger partial charge in [0.15, 0.2) is 12.1 Å². The molecule has 0 amide bonds. The summed E-state index contributed by atoms with van der Waals surface area (Å²) in [5.41, 5.74) is 0.0675. The number of phenolic OH excluding ortho intramolecular Hbond substituents is 1. The average molecular weight is 593 g/mol. The molecule has 2 fully saturated rings. The second-order valence-electron chi connectivity index (χ2n) is 10.5. The lowest BCUT2D eigenvalue weighted by Gasteiger charge is -2.45. The average Bonchev–Trinajstić information content (AvgIpc) is 2.95. The number of aliphatic hydroxyl groups excluding tert-OH is 6. The molecule has 3 aliphatic rings. The van der Waals surface area contributed by atoms with E-state index in [4.69, 9.17) is 23.7 Å². The summed E-state index contributed by atoms with van der Waals surface area (Å²) in [6.45, 7) is 2.42. The number of aliphatic hydroxyl groups is 6. The second-order valence-corrected chi connectivity index (χ2v) is 10.5. The van der Waals surface area contributed by atoms with Gasteiger partial charge in [-0.15, -0.1) is 0 Å². The number of rotatable bonds is 6. The number of methoxy groups -OCH3 is 1. The van der Waals surface area contributed by atoms with Gasteiger partial charge in [-0.25, -0.2) is 0 Å². The first-order valence-electron chi connectivity index (χ1n) is 13.2. The van der Waals surface area contributed by atoms with Gasteiger partial charge in [0.25, 0.3) is 0 Å². The normalized spacial score (nSPS) is 34.5. The Hall–Kier alpha value is -3.18. The van der Waals surface area contributed by atoms with Crippen molar-refractivity contribution in [3.8, 4) is 17.2 Å². The number of fused-ring (bicyclic) bond motifs is 2. The van der Waals surface area contributed by atoms with Crippen molar-refractivity contribution in [2.24, 2.45) is 0 Å². The third kappa shape index (κ3) is 5.04. The summed E-state index contributed by atoms with van der Waals surface area (Å²) < 4.78 is 27.7. The van der Waals surface area contributed by atoms with Crippen LogP contribution in [0.25, 0.3) is 0 Å². The fourth-order valence-corrected chi connectivity index (χ4v) is 5.42. The highest BCUT2D eigenvalue weighted by atomic mass is 16.7. The lowest BCUT2D eigenvalue weighted by atomic mass is 9.82. The van der Waals surface area contributed by atoms with E-state index in [-0.39, 0.29) is 33.8 Å². The number of ether oxygens (including phenoxy) is 5. The Morgan fingerprint density at radius 2 is 1.48 bits per heavy atom. The molecule has 2 heterocycles.